The molecule has 1 aromatic rings. The molecule has 1 amide bonds. The molecule has 3 heterocycles. The summed E-state index contributed by atoms with van der Waals surface area (Å²) in [5.41, 5.74) is 2.04. The van der Waals surface area contributed by atoms with E-state index < -0.39 is 0 Å². The van der Waals surface area contributed by atoms with Gasteiger partial charge in [0, 0.05) is 31.3 Å². The number of hydrogen-bond donors (Lipinski definition) is 1. The van der Waals surface area contributed by atoms with Crippen LogP contribution in [0.3, 0.4) is 0 Å². The lowest BCUT2D eigenvalue weighted by atomic mass is 10.0. The van der Waals surface area contributed by atoms with Crippen molar-refractivity contribution in [3.8, 4) is 0 Å². The number of allylic oxidation sites excluding steroid dienone is 4. The van der Waals surface area contributed by atoms with Crippen molar-refractivity contribution in [2.45, 2.75) is 32.6 Å². The summed E-state index contributed by atoms with van der Waals surface area (Å²) in [7, 11) is 0. The SMILES string of the molecule is C=C(C=CC1=C(C)NC(=O)CC1)OCCCCN1CCN([n+]2cccc(Cl)c2Cl)CC1. The molecule has 0 saturated carbocycles. The number of carbonyl (C=O) groups excluding carboxylic acids is 1. The van der Waals surface area contributed by atoms with Gasteiger partial charge in [-0.15, -0.1) is 0 Å². The number of ether oxygens (including phenoxy) is 1. The summed E-state index contributed by atoms with van der Waals surface area (Å²) in [6.07, 6.45) is 9.18. The minimum absolute atomic E-state index is 0.0816. The molecular formula is C23H31Cl2N4O2+. The van der Waals surface area contributed by atoms with Crippen molar-refractivity contribution in [3.05, 3.63) is 64.3 Å². The molecule has 2 aliphatic rings. The second-order valence-electron chi connectivity index (χ2n) is 7.84. The van der Waals surface area contributed by atoms with E-state index in [1.807, 2.05) is 36.0 Å². The van der Waals surface area contributed by atoms with Gasteiger partial charge in [0.25, 0.3) is 0 Å². The summed E-state index contributed by atoms with van der Waals surface area (Å²) in [6, 6.07) is 3.71. The molecule has 31 heavy (non-hydrogen) atoms. The number of unbranched alkanes of at least 4 members (excludes halogenated alkanes) is 1. The first-order valence-corrected chi connectivity index (χ1v) is 11.5. The van der Waals surface area contributed by atoms with Crippen molar-refractivity contribution in [3.63, 3.8) is 0 Å². The molecule has 1 aromatic heterocycles. The highest BCUT2D eigenvalue weighted by atomic mass is 35.5. The van der Waals surface area contributed by atoms with Gasteiger partial charge in [0.1, 0.15) is 10.8 Å². The van der Waals surface area contributed by atoms with Crippen LogP contribution in [0, 0.1) is 0 Å². The third kappa shape index (κ3) is 6.99. The fourth-order valence-corrected chi connectivity index (χ4v) is 4.11. The van der Waals surface area contributed by atoms with Gasteiger partial charge in [0.15, 0.2) is 0 Å². The third-order valence-corrected chi connectivity index (χ3v) is 6.36. The highest BCUT2D eigenvalue weighted by Gasteiger charge is 2.25. The van der Waals surface area contributed by atoms with E-state index in [1.165, 1.54) is 0 Å². The molecule has 0 aromatic carbocycles. The molecule has 0 atom stereocenters. The van der Waals surface area contributed by atoms with Crippen molar-refractivity contribution in [1.29, 1.82) is 0 Å². The van der Waals surface area contributed by atoms with Gasteiger partial charge in [0.2, 0.25) is 12.1 Å². The van der Waals surface area contributed by atoms with Crippen molar-refractivity contribution >= 4 is 29.1 Å². The van der Waals surface area contributed by atoms with E-state index in [1.54, 1.807) is 6.07 Å². The Morgan fingerprint density at radius 3 is 2.77 bits per heavy atom. The Hall–Kier alpha value is -2.02. The molecule has 0 spiro atoms. The first kappa shape index (κ1) is 23.6. The van der Waals surface area contributed by atoms with Gasteiger partial charge >= 0.3 is 5.15 Å². The zero-order chi connectivity index (χ0) is 22.2. The molecule has 1 fully saturated rings. The van der Waals surface area contributed by atoms with Crippen LogP contribution in [-0.2, 0) is 9.53 Å². The predicted octanol–water partition coefficient (Wildman–Crippen LogP) is 3.59. The Morgan fingerprint density at radius 2 is 2.03 bits per heavy atom. The minimum atomic E-state index is 0.0816. The summed E-state index contributed by atoms with van der Waals surface area (Å²) in [5.74, 6) is 0.736. The second kappa shape index (κ2) is 11.6. The maximum Gasteiger partial charge on any atom is 0.322 e. The zero-order valence-electron chi connectivity index (χ0n) is 18.1. The van der Waals surface area contributed by atoms with Crippen LogP contribution in [0.25, 0.3) is 0 Å². The monoisotopic (exact) mass is 465 g/mol. The lowest BCUT2D eigenvalue weighted by Crippen LogP contribution is -2.65. The van der Waals surface area contributed by atoms with E-state index in [0.29, 0.717) is 29.0 Å². The van der Waals surface area contributed by atoms with E-state index in [9.17, 15) is 4.79 Å². The Kier molecular flexibility index (Phi) is 8.81. The van der Waals surface area contributed by atoms with Crippen molar-refractivity contribution in [1.82, 2.24) is 10.2 Å². The molecule has 0 radical (unpaired) electrons. The number of halogens is 2. The second-order valence-corrected chi connectivity index (χ2v) is 8.61. The summed E-state index contributed by atoms with van der Waals surface area (Å²) in [6.45, 7) is 11.4. The molecule has 3 rings (SSSR count). The van der Waals surface area contributed by atoms with Crippen LogP contribution < -0.4 is 15.0 Å². The third-order valence-electron chi connectivity index (χ3n) is 5.58. The Bertz CT molecular complexity index is 861. The van der Waals surface area contributed by atoms with Crippen LogP contribution in [-0.4, -0.2) is 50.1 Å². The topological polar surface area (TPSA) is 48.7 Å². The number of amides is 1. The number of nitrogens with zero attached hydrogens (tertiary/aromatic N) is 3. The molecule has 0 bridgehead atoms. The number of aromatic nitrogens is 1. The Morgan fingerprint density at radius 1 is 1.26 bits per heavy atom. The molecule has 6 nitrogen and oxygen atoms in total. The number of rotatable bonds is 9. The molecule has 0 unspecified atom stereocenters. The van der Waals surface area contributed by atoms with Gasteiger partial charge in [-0.05, 0) is 62.0 Å². The van der Waals surface area contributed by atoms with E-state index >= 15 is 0 Å². The van der Waals surface area contributed by atoms with Gasteiger partial charge in [-0.25, -0.2) is 0 Å². The molecule has 1 saturated heterocycles. The highest BCUT2D eigenvalue weighted by Crippen LogP contribution is 2.18. The largest absolute Gasteiger partial charge is 0.494 e. The fraction of sp³-hybridized carbons (Fsp3) is 0.478. The van der Waals surface area contributed by atoms with E-state index in [0.717, 1.165) is 63.3 Å². The van der Waals surface area contributed by atoms with Crippen LogP contribution in [0.15, 0.2) is 54.1 Å². The number of piperazine rings is 1. The number of pyridine rings is 1. The first-order chi connectivity index (χ1) is 14.9. The zero-order valence-corrected chi connectivity index (χ0v) is 19.6. The first-order valence-electron chi connectivity index (χ1n) is 10.8. The summed E-state index contributed by atoms with van der Waals surface area (Å²) >= 11 is 12.4. The average Bonchev–Trinajstić information content (AvgIpc) is 2.75. The molecule has 168 valence electrons. The van der Waals surface area contributed by atoms with Gasteiger partial charge in [-0.3, -0.25) is 9.69 Å². The lowest BCUT2D eigenvalue weighted by molar-refractivity contribution is -0.692. The Labute approximate surface area is 194 Å². The van der Waals surface area contributed by atoms with Crippen LogP contribution >= 0.6 is 23.2 Å². The fourth-order valence-electron chi connectivity index (χ4n) is 3.73. The lowest BCUT2D eigenvalue weighted by Gasteiger charge is -2.31. The molecule has 0 aliphatic carbocycles. The summed E-state index contributed by atoms with van der Waals surface area (Å²) in [5, 5.41) is 6.21. The smallest absolute Gasteiger partial charge is 0.322 e. The van der Waals surface area contributed by atoms with Crippen LogP contribution in [0.2, 0.25) is 10.2 Å². The normalized spacial score (nSPS) is 17.9. The quantitative estimate of drug-likeness (QED) is 0.199. The number of carbonyl (C=O) groups is 1. The molecular weight excluding hydrogens is 435 g/mol. The maximum atomic E-state index is 11.4. The van der Waals surface area contributed by atoms with E-state index in [4.69, 9.17) is 27.9 Å². The molecule has 2 aliphatic heterocycles. The predicted molar refractivity (Wildman–Crippen MR) is 125 cm³/mol. The summed E-state index contributed by atoms with van der Waals surface area (Å²) in [4.78, 5) is 13.8. The van der Waals surface area contributed by atoms with E-state index in [-0.39, 0.29) is 5.91 Å². The van der Waals surface area contributed by atoms with Gasteiger partial charge in [-0.1, -0.05) is 28.9 Å². The van der Waals surface area contributed by atoms with Crippen molar-refractivity contribution < 1.29 is 14.2 Å². The maximum absolute atomic E-state index is 11.4. The Balaban J connectivity index is 1.30. The van der Waals surface area contributed by atoms with Crippen LogP contribution in [0.5, 0.6) is 0 Å². The van der Waals surface area contributed by atoms with Gasteiger partial charge in [-0.2, -0.15) is 5.01 Å². The van der Waals surface area contributed by atoms with Crippen molar-refractivity contribution in [2.75, 3.05) is 44.3 Å². The van der Waals surface area contributed by atoms with Crippen molar-refractivity contribution in [2.24, 2.45) is 0 Å². The van der Waals surface area contributed by atoms with E-state index in [2.05, 4.69) is 21.8 Å². The molecule has 1 N–H and O–H groups in total. The van der Waals surface area contributed by atoms with Crippen LogP contribution in [0.4, 0.5) is 0 Å². The average molecular weight is 466 g/mol. The number of nitrogens with one attached hydrogen (secondary N) is 1. The standard InChI is InChI=1S/C23H30Cl2N4O2/c1-18(7-8-20-9-10-22(30)26-19(20)2)31-17-4-3-11-27-13-15-28(16-14-27)29-12-5-6-21(24)23(29)25/h5-8,12H,1,3-4,9-11,13-17H2,2H3/p+1. The number of hydrogen-bond acceptors (Lipinski definition) is 4. The van der Waals surface area contributed by atoms with Gasteiger partial charge < -0.3 is 10.1 Å². The molecule has 8 heteroatoms. The minimum Gasteiger partial charge on any atom is -0.494 e. The van der Waals surface area contributed by atoms with Crippen LogP contribution in [0.1, 0.15) is 32.6 Å². The highest BCUT2D eigenvalue weighted by molar-refractivity contribution is 6.40. The van der Waals surface area contributed by atoms with Gasteiger partial charge in [0.05, 0.1) is 19.7 Å². The summed E-state index contributed by atoms with van der Waals surface area (Å²) < 4.78 is 7.67.